The molecule has 3 rings (SSSR count). The van der Waals surface area contributed by atoms with E-state index in [0.717, 1.165) is 42.4 Å². The van der Waals surface area contributed by atoms with E-state index in [2.05, 4.69) is 27.7 Å². The van der Waals surface area contributed by atoms with Crippen molar-refractivity contribution in [1.29, 1.82) is 0 Å². The van der Waals surface area contributed by atoms with Crippen LogP contribution in [-0.2, 0) is 18.3 Å². The second kappa shape index (κ2) is 11.8. The molecule has 3 aromatic carbocycles. The molecule has 0 aliphatic carbocycles. The van der Waals surface area contributed by atoms with Gasteiger partial charge < -0.3 is 25.5 Å². The van der Waals surface area contributed by atoms with Gasteiger partial charge in [0.15, 0.2) is 0 Å². The van der Waals surface area contributed by atoms with Gasteiger partial charge in [0.05, 0.1) is 0 Å². The second-order valence-corrected chi connectivity index (χ2v) is 10.4. The van der Waals surface area contributed by atoms with Gasteiger partial charge in [-0.3, -0.25) is 0 Å². The van der Waals surface area contributed by atoms with Crippen LogP contribution in [0.1, 0.15) is 99.1 Å². The van der Waals surface area contributed by atoms with Crippen molar-refractivity contribution in [3.63, 3.8) is 0 Å². The molecule has 0 bridgehead atoms. The van der Waals surface area contributed by atoms with E-state index in [0.29, 0.717) is 29.5 Å². The quantitative estimate of drug-likeness (QED) is 0.171. The first kappa shape index (κ1) is 28.2. The highest BCUT2D eigenvalue weighted by molar-refractivity contribution is 5.53. The second-order valence-electron chi connectivity index (χ2n) is 10.4. The Morgan fingerprint density at radius 1 is 0.730 bits per heavy atom. The van der Waals surface area contributed by atoms with E-state index in [4.69, 9.17) is 0 Å². The van der Waals surface area contributed by atoms with E-state index < -0.39 is 5.41 Å². The van der Waals surface area contributed by atoms with Crippen molar-refractivity contribution in [3.05, 3.63) is 75.8 Å². The molecule has 1 atom stereocenters. The maximum Gasteiger partial charge on any atom is 0.122 e. The predicted molar refractivity (Wildman–Crippen MR) is 149 cm³/mol. The minimum Gasteiger partial charge on any atom is -0.508 e. The summed E-state index contributed by atoms with van der Waals surface area (Å²) in [5.74, 6) is 0.817. The molecule has 0 aromatic heterocycles. The van der Waals surface area contributed by atoms with E-state index >= 15 is 0 Å². The first-order valence-corrected chi connectivity index (χ1v) is 13.5. The number of aryl methyl sites for hydroxylation is 1. The number of rotatable bonds is 11. The van der Waals surface area contributed by atoms with Gasteiger partial charge in [-0.25, -0.2) is 0 Å². The van der Waals surface area contributed by atoms with E-state index in [1.165, 1.54) is 12.1 Å². The molecule has 0 amide bonds. The minimum absolute atomic E-state index is 0.100. The van der Waals surface area contributed by atoms with Gasteiger partial charge in [0.2, 0.25) is 0 Å². The Kier molecular flexibility index (Phi) is 9.01. The average molecular weight is 507 g/mol. The van der Waals surface area contributed by atoms with Gasteiger partial charge in [-0.2, -0.15) is 0 Å². The number of phenols is 5. The molecular formula is C32H42O5. The molecule has 0 fully saturated rings. The smallest absolute Gasteiger partial charge is 0.122 e. The van der Waals surface area contributed by atoms with Crippen LogP contribution in [-0.4, -0.2) is 25.5 Å². The highest BCUT2D eigenvalue weighted by Gasteiger charge is 2.34. The lowest BCUT2D eigenvalue weighted by atomic mass is 9.69. The molecule has 0 spiro atoms. The van der Waals surface area contributed by atoms with Crippen molar-refractivity contribution in [2.45, 2.75) is 90.9 Å². The third kappa shape index (κ3) is 5.98. The number of benzene rings is 3. The molecule has 1 unspecified atom stereocenters. The van der Waals surface area contributed by atoms with E-state index in [1.54, 1.807) is 18.2 Å². The topological polar surface area (TPSA) is 101 Å². The van der Waals surface area contributed by atoms with Crippen LogP contribution in [0.2, 0.25) is 0 Å². The Morgan fingerprint density at radius 3 is 2.00 bits per heavy atom. The van der Waals surface area contributed by atoms with Gasteiger partial charge in [0.25, 0.3) is 0 Å². The Balaban J connectivity index is 2.09. The van der Waals surface area contributed by atoms with Crippen LogP contribution >= 0.6 is 0 Å². The lowest BCUT2D eigenvalue weighted by Gasteiger charge is -2.35. The summed E-state index contributed by atoms with van der Waals surface area (Å²) in [6.45, 7) is 10.3. The maximum absolute atomic E-state index is 11.4. The molecule has 5 N–H and O–H groups in total. The molecule has 0 heterocycles. The third-order valence-corrected chi connectivity index (χ3v) is 7.91. The van der Waals surface area contributed by atoms with Crippen molar-refractivity contribution in [2.24, 2.45) is 0 Å². The summed E-state index contributed by atoms with van der Waals surface area (Å²) < 4.78 is 0. The van der Waals surface area contributed by atoms with Crippen LogP contribution in [0, 0.1) is 6.92 Å². The molecule has 37 heavy (non-hydrogen) atoms. The zero-order valence-corrected chi connectivity index (χ0v) is 22.8. The number of aromatic hydroxyl groups is 5. The lowest BCUT2D eigenvalue weighted by molar-refractivity contribution is 0.342. The average Bonchev–Trinajstić information content (AvgIpc) is 2.86. The SMILES string of the molecule is CCCC(CC)(Cc1cc(C)cc(Cc2cc(O)cc(C(CC)CC)c2O)c1O)c1cc(O)ccc1O. The highest BCUT2D eigenvalue weighted by Crippen LogP contribution is 2.45. The molecule has 5 heteroatoms. The summed E-state index contributed by atoms with van der Waals surface area (Å²) in [6.07, 6.45) is 4.83. The Hall–Kier alpha value is -3.34. The van der Waals surface area contributed by atoms with Crippen LogP contribution < -0.4 is 0 Å². The summed E-state index contributed by atoms with van der Waals surface area (Å²) in [5, 5.41) is 53.9. The Morgan fingerprint density at radius 2 is 1.38 bits per heavy atom. The molecule has 5 nitrogen and oxygen atoms in total. The molecule has 0 aliphatic rings. The van der Waals surface area contributed by atoms with Crippen LogP contribution in [0.25, 0.3) is 0 Å². The van der Waals surface area contributed by atoms with Crippen LogP contribution in [0.3, 0.4) is 0 Å². The summed E-state index contributed by atoms with van der Waals surface area (Å²) in [4.78, 5) is 0. The fourth-order valence-electron chi connectivity index (χ4n) is 5.89. The van der Waals surface area contributed by atoms with Gasteiger partial charge in [0.1, 0.15) is 28.7 Å². The third-order valence-electron chi connectivity index (χ3n) is 7.91. The highest BCUT2D eigenvalue weighted by atomic mass is 16.3. The summed E-state index contributed by atoms with van der Waals surface area (Å²) in [7, 11) is 0. The summed E-state index contributed by atoms with van der Waals surface area (Å²) >= 11 is 0. The van der Waals surface area contributed by atoms with Crippen LogP contribution in [0.15, 0.2) is 42.5 Å². The van der Waals surface area contributed by atoms with E-state index in [9.17, 15) is 25.5 Å². The van der Waals surface area contributed by atoms with Crippen molar-refractivity contribution in [3.8, 4) is 28.7 Å². The van der Waals surface area contributed by atoms with Gasteiger partial charge in [0, 0.05) is 28.5 Å². The number of hydrogen-bond donors (Lipinski definition) is 5. The van der Waals surface area contributed by atoms with Crippen molar-refractivity contribution >= 4 is 0 Å². The molecule has 0 radical (unpaired) electrons. The van der Waals surface area contributed by atoms with Gasteiger partial charge in [-0.05, 0) is 86.4 Å². The fourth-order valence-corrected chi connectivity index (χ4v) is 5.89. The largest absolute Gasteiger partial charge is 0.508 e. The number of phenolic OH excluding ortho intramolecular Hbond substituents is 5. The van der Waals surface area contributed by atoms with E-state index in [1.807, 2.05) is 19.1 Å². The van der Waals surface area contributed by atoms with Crippen molar-refractivity contribution in [1.82, 2.24) is 0 Å². The van der Waals surface area contributed by atoms with E-state index in [-0.39, 0.29) is 41.1 Å². The molecule has 3 aromatic rings. The molecule has 200 valence electrons. The summed E-state index contributed by atoms with van der Waals surface area (Å²) in [5.41, 5.74) is 3.93. The molecule has 0 aliphatic heterocycles. The normalized spacial score (nSPS) is 13.1. The fraction of sp³-hybridized carbons (Fsp3) is 0.438. The minimum atomic E-state index is -0.476. The first-order valence-electron chi connectivity index (χ1n) is 13.5. The zero-order valence-electron chi connectivity index (χ0n) is 22.8. The maximum atomic E-state index is 11.4. The van der Waals surface area contributed by atoms with Gasteiger partial charge in [-0.15, -0.1) is 0 Å². The molecular weight excluding hydrogens is 464 g/mol. The Labute approximate surface area is 221 Å². The van der Waals surface area contributed by atoms with Gasteiger partial charge >= 0.3 is 0 Å². The van der Waals surface area contributed by atoms with Crippen LogP contribution in [0.4, 0.5) is 0 Å². The zero-order chi connectivity index (χ0) is 27.3. The first-order chi connectivity index (χ1) is 17.6. The van der Waals surface area contributed by atoms with Gasteiger partial charge in [-0.1, -0.05) is 51.8 Å². The molecule has 0 saturated carbocycles. The Bertz CT molecular complexity index is 1230. The van der Waals surface area contributed by atoms with Crippen molar-refractivity contribution < 1.29 is 25.5 Å². The monoisotopic (exact) mass is 506 g/mol. The predicted octanol–water partition coefficient (Wildman–Crippen LogP) is 7.71. The summed E-state index contributed by atoms with van der Waals surface area (Å²) in [6, 6.07) is 11.7. The van der Waals surface area contributed by atoms with Crippen molar-refractivity contribution in [2.75, 3.05) is 0 Å². The number of hydrogen-bond acceptors (Lipinski definition) is 5. The molecule has 0 saturated heterocycles. The standard InChI is InChI=1S/C32H42O5/c1-6-12-32(9-4,28-18-25(33)10-11-29(28)35)19-24-14-20(5)13-22(30(24)36)15-23-16-26(34)17-27(31(23)37)21(7-2)8-3/h10-11,13-14,16-18,21,33-37H,6-9,12,15,19H2,1-5H3. The van der Waals surface area contributed by atoms with Crippen LogP contribution in [0.5, 0.6) is 28.7 Å². The lowest BCUT2D eigenvalue weighted by Crippen LogP contribution is -2.28.